The van der Waals surface area contributed by atoms with Gasteiger partial charge in [0.2, 0.25) is 0 Å². The Labute approximate surface area is 179 Å². The van der Waals surface area contributed by atoms with Crippen molar-refractivity contribution in [3.05, 3.63) is 53.1 Å². The molecule has 1 aromatic heterocycles. The second-order valence-corrected chi connectivity index (χ2v) is 8.27. The minimum absolute atomic E-state index is 0.0687. The molecule has 1 aromatic carbocycles. The van der Waals surface area contributed by atoms with Gasteiger partial charge in [0.1, 0.15) is 11.6 Å². The van der Waals surface area contributed by atoms with E-state index in [9.17, 15) is 4.79 Å². The fourth-order valence-electron chi connectivity index (χ4n) is 3.62. The molecule has 158 valence electrons. The van der Waals surface area contributed by atoms with Crippen molar-refractivity contribution in [1.29, 1.82) is 0 Å². The Morgan fingerprint density at radius 2 is 2.07 bits per heavy atom. The van der Waals surface area contributed by atoms with Crippen molar-refractivity contribution in [2.24, 2.45) is 0 Å². The van der Waals surface area contributed by atoms with E-state index in [1.165, 1.54) is 5.56 Å². The molecule has 2 heterocycles. The molecule has 1 aliphatic rings. The molecule has 2 aromatic rings. The summed E-state index contributed by atoms with van der Waals surface area (Å²) in [4.78, 5) is 20.5. The van der Waals surface area contributed by atoms with Gasteiger partial charge in [-0.3, -0.25) is 4.79 Å². The van der Waals surface area contributed by atoms with Crippen molar-refractivity contribution in [3.63, 3.8) is 0 Å². The average Bonchev–Trinajstić information content (AvgIpc) is 2.71. The molecule has 0 spiro atoms. The maximum Gasteiger partial charge on any atom is 0.305 e. The number of hydrogen-bond donors (Lipinski definition) is 0. The van der Waals surface area contributed by atoms with Gasteiger partial charge in [-0.25, -0.2) is 9.97 Å². The summed E-state index contributed by atoms with van der Waals surface area (Å²) in [6.07, 6.45) is 6.21. The molecule has 0 aliphatic carbocycles. The van der Waals surface area contributed by atoms with Crippen LogP contribution in [0.15, 0.2) is 30.6 Å². The first kappa shape index (κ1) is 21.8. The van der Waals surface area contributed by atoms with E-state index in [1.807, 2.05) is 6.92 Å². The molecule has 3 rings (SSSR count). The Balaban J connectivity index is 1.84. The normalized spacial score (nSPS) is 15.2. The molecule has 5 heteroatoms. The fourth-order valence-corrected chi connectivity index (χ4v) is 3.62. The Bertz CT molecular complexity index is 942. The number of fused-ring (bicyclic) bond motifs is 1. The highest BCUT2D eigenvalue weighted by Gasteiger charge is 2.29. The second kappa shape index (κ2) is 9.75. The monoisotopic (exact) mass is 406 g/mol. The lowest BCUT2D eigenvalue weighted by Crippen LogP contribution is -2.26. The van der Waals surface area contributed by atoms with Gasteiger partial charge in [0.25, 0.3) is 0 Å². The van der Waals surface area contributed by atoms with Crippen LogP contribution in [0.4, 0.5) is 0 Å². The van der Waals surface area contributed by atoms with Crippen molar-refractivity contribution in [3.8, 4) is 17.6 Å². The first-order valence-electron chi connectivity index (χ1n) is 10.6. The predicted molar refractivity (Wildman–Crippen MR) is 116 cm³/mol. The largest absolute Gasteiger partial charge is 0.493 e. The van der Waals surface area contributed by atoms with E-state index in [2.05, 4.69) is 54.7 Å². The molecule has 0 saturated heterocycles. The summed E-state index contributed by atoms with van der Waals surface area (Å²) in [6.45, 7) is 9.52. The van der Waals surface area contributed by atoms with E-state index in [0.29, 0.717) is 31.7 Å². The topological polar surface area (TPSA) is 61.3 Å². The lowest BCUT2D eigenvalue weighted by Gasteiger charge is -2.33. The fraction of sp³-hybridized carbons (Fsp3) is 0.480. The summed E-state index contributed by atoms with van der Waals surface area (Å²) >= 11 is 0. The number of nitrogens with zero attached hydrogens (tertiary/aromatic N) is 2. The number of ether oxygens (including phenoxy) is 2. The van der Waals surface area contributed by atoms with Crippen molar-refractivity contribution in [2.75, 3.05) is 13.2 Å². The van der Waals surface area contributed by atoms with E-state index in [-0.39, 0.29) is 17.3 Å². The third kappa shape index (κ3) is 5.38. The lowest BCUT2D eigenvalue weighted by molar-refractivity contribution is -0.143. The Kier molecular flexibility index (Phi) is 7.10. The molecule has 0 fully saturated rings. The molecule has 1 atom stereocenters. The molecule has 5 nitrogen and oxygen atoms in total. The first-order chi connectivity index (χ1) is 14.4. The number of rotatable bonds is 6. The molecule has 30 heavy (non-hydrogen) atoms. The van der Waals surface area contributed by atoms with Gasteiger partial charge in [-0.15, -0.1) is 0 Å². The minimum atomic E-state index is -0.175. The van der Waals surface area contributed by atoms with E-state index >= 15 is 0 Å². The van der Waals surface area contributed by atoms with E-state index in [0.717, 1.165) is 29.9 Å². The molecular weight excluding hydrogens is 376 g/mol. The maximum atomic E-state index is 11.7. The highest BCUT2D eigenvalue weighted by atomic mass is 16.5. The third-order valence-corrected chi connectivity index (χ3v) is 5.50. The summed E-state index contributed by atoms with van der Waals surface area (Å²) in [7, 11) is 0. The van der Waals surface area contributed by atoms with Gasteiger partial charge < -0.3 is 9.47 Å². The molecule has 0 saturated carbocycles. The number of hydrogen-bond acceptors (Lipinski definition) is 5. The van der Waals surface area contributed by atoms with Crippen molar-refractivity contribution >= 4 is 5.97 Å². The molecule has 1 aliphatic heterocycles. The van der Waals surface area contributed by atoms with Gasteiger partial charge in [-0.05, 0) is 62.3 Å². The van der Waals surface area contributed by atoms with Crippen LogP contribution in [-0.4, -0.2) is 29.2 Å². The zero-order valence-corrected chi connectivity index (χ0v) is 18.3. The molecular formula is C25H30N2O3. The van der Waals surface area contributed by atoms with Gasteiger partial charge >= 0.3 is 5.97 Å². The Hall–Kier alpha value is -2.87. The third-order valence-electron chi connectivity index (χ3n) is 5.50. The molecule has 0 bridgehead atoms. The molecule has 0 amide bonds. The SMILES string of the molecule is CCOC(=O)CCCC(C#Cc1cc2c(cc1C)OCCC2(C)C)c1ncccn1. The number of benzene rings is 1. The molecule has 1 unspecified atom stereocenters. The predicted octanol–water partition coefficient (Wildman–Crippen LogP) is 4.71. The van der Waals surface area contributed by atoms with Crippen LogP contribution in [0.25, 0.3) is 0 Å². The van der Waals surface area contributed by atoms with Gasteiger partial charge in [-0.2, -0.15) is 0 Å². The number of carbonyl (C=O) groups is 1. The quantitative estimate of drug-likeness (QED) is 0.513. The van der Waals surface area contributed by atoms with Crippen LogP contribution in [0.5, 0.6) is 5.75 Å². The van der Waals surface area contributed by atoms with Crippen molar-refractivity contribution in [2.45, 2.75) is 64.7 Å². The zero-order chi connectivity index (χ0) is 21.6. The summed E-state index contributed by atoms with van der Waals surface area (Å²) < 4.78 is 10.9. The average molecular weight is 407 g/mol. The van der Waals surface area contributed by atoms with Crippen LogP contribution in [0, 0.1) is 18.8 Å². The minimum Gasteiger partial charge on any atom is -0.493 e. The maximum absolute atomic E-state index is 11.7. The van der Waals surface area contributed by atoms with Gasteiger partial charge in [0.15, 0.2) is 0 Å². The molecule has 0 N–H and O–H groups in total. The molecule has 0 radical (unpaired) electrons. The number of aryl methyl sites for hydroxylation is 1. The highest BCUT2D eigenvalue weighted by molar-refractivity contribution is 5.69. The second-order valence-electron chi connectivity index (χ2n) is 8.27. The van der Waals surface area contributed by atoms with E-state index in [1.54, 1.807) is 18.5 Å². The van der Waals surface area contributed by atoms with Gasteiger partial charge in [0, 0.05) is 29.9 Å². The van der Waals surface area contributed by atoms with Gasteiger partial charge in [-0.1, -0.05) is 25.7 Å². The lowest BCUT2D eigenvalue weighted by atomic mass is 9.78. The standard InChI is InChI=1S/C25H30N2O3/c1-5-29-23(28)9-6-8-19(24-26-13-7-14-27-24)10-11-20-17-21-22(16-18(20)2)30-15-12-25(21,3)4/h7,13-14,16-17,19H,5-6,8-9,12,15H2,1-4H3. The summed E-state index contributed by atoms with van der Waals surface area (Å²) in [6, 6.07) is 6.05. The highest BCUT2D eigenvalue weighted by Crippen LogP contribution is 2.39. The number of carbonyl (C=O) groups excluding carboxylic acids is 1. The summed E-state index contributed by atoms with van der Waals surface area (Å²) in [5.41, 5.74) is 3.37. The van der Waals surface area contributed by atoms with Crippen LogP contribution in [0.3, 0.4) is 0 Å². The number of esters is 1. The summed E-state index contributed by atoms with van der Waals surface area (Å²) in [5.74, 6) is 8.07. The van der Waals surface area contributed by atoms with Crippen molar-refractivity contribution in [1.82, 2.24) is 9.97 Å². The van der Waals surface area contributed by atoms with E-state index in [4.69, 9.17) is 9.47 Å². The van der Waals surface area contributed by atoms with E-state index < -0.39 is 0 Å². The van der Waals surface area contributed by atoms with Gasteiger partial charge in [0.05, 0.1) is 19.1 Å². The smallest absolute Gasteiger partial charge is 0.305 e. The summed E-state index contributed by atoms with van der Waals surface area (Å²) in [5, 5.41) is 0. The van der Waals surface area contributed by atoms with Crippen LogP contribution in [-0.2, 0) is 14.9 Å². The van der Waals surface area contributed by atoms with Crippen molar-refractivity contribution < 1.29 is 14.3 Å². The van der Waals surface area contributed by atoms with Crippen LogP contribution in [0.1, 0.15) is 74.9 Å². The first-order valence-corrected chi connectivity index (χ1v) is 10.6. The number of aromatic nitrogens is 2. The Morgan fingerprint density at radius 1 is 1.30 bits per heavy atom. The van der Waals surface area contributed by atoms with Crippen LogP contribution < -0.4 is 4.74 Å². The van der Waals surface area contributed by atoms with Crippen LogP contribution in [0.2, 0.25) is 0 Å². The Morgan fingerprint density at radius 3 is 2.80 bits per heavy atom. The zero-order valence-electron chi connectivity index (χ0n) is 18.3. The van der Waals surface area contributed by atoms with Crippen LogP contribution >= 0.6 is 0 Å².